The highest BCUT2D eigenvalue weighted by atomic mass is 16.6. The molecule has 1 aromatic carbocycles. The van der Waals surface area contributed by atoms with Crippen LogP contribution in [-0.2, 0) is 44.6 Å². The average molecular weight is 828 g/mol. The third-order valence-electron chi connectivity index (χ3n) is 12.6. The molecule has 1 saturated heterocycles. The number of benzene rings is 1. The highest BCUT2D eigenvalue weighted by Gasteiger charge is 2.44. The lowest BCUT2D eigenvalue weighted by Gasteiger charge is -2.41. The molecule has 1 heterocycles. The molecule has 1 fully saturated rings. The first-order chi connectivity index (χ1) is 27.5. The molecule has 0 N–H and O–H groups in total. The van der Waals surface area contributed by atoms with Crippen molar-refractivity contribution in [3.8, 4) is 0 Å². The van der Waals surface area contributed by atoms with Crippen LogP contribution in [-0.4, -0.2) is 121 Å². The van der Waals surface area contributed by atoms with Gasteiger partial charge >= 0.3 is 5.97 Å². The van der Waals surface area contributed by atoms with Crippen molar-refractivity contribution in [2.24, 2.45) is 35.5 Å². The van der Waals surface area contributed by atoms with Gasteiger partial charge in [0.05, 0.1) is 42.7 Å². The van der Waals surface area contributed by atoms with E-state index in [2.05, 4.69) is 32.6 Å². The van der Waals surface area contributed by atoms with E-state index >= 15 is 0 Å². The first-order valence-corrected chi connectivity index (χ1v) is 22.2. The molecule has 0 spiro atoms. The SMILES string of the molecule is CC[C@H](C)[C@@H]([C@@H](CC(=O)N1CCC[C@H]1[C@H](OC)[C@@H](C)C(=O)C[C@@H](Cc1ccccc1)C(=O)OC(C)(C)C)OC)N(C)C(=O)[C@@H](CC(=O)[C@H](C(C)C)N(C)C(C)C)C(C)C. The van der Waals surface area contributed by atoms with Crippen LogP contribution < -0.4 is 0 Å². The molecule has 0 radical (unpaired) electrons. The first kappa shape index (κ1) is 52.0. The second kappa shape index (κ2) is 23.7. The van der Waals surface area contributed by atoms with E-state index in [-0.39, 0.29) is 78.5 Å². The van der Waals surface area contributed by atoms with Gasteiger partial charge in [0, 0.05) is 58.5 Å². The second-order valence-corrected chi connectivity index (χ2v) is 19.1. The molecule has 1 aliphatic heterocycles. The number of likely N-dealkylation sites (tertiary alicyclic amines) is 1. The van der Waals surface area contributed by atoms with Gasteiger partial charge in [-0.15, -0.1) is 0 Å². The topological polar surface area (TPSA) is 123 Å². The Labute approximate surface area is 357 Å². The lowest BCUT2D eigenvalue weighted by atomic mass is 9.83. The summed E-state index contributed by atoms with van der Waals surface area (Å²) >= 11 is 0. The smallest absolute Gasteiger partial charge is 0.310 e. The molecule has 2 amide bonds. The van der Waals surface area contributed by atoms with Crippen molar-refractivity contribution in [3.05, 3.63) is 35.9 Å². The minimum atomic E-state index is -0.701. The number of methoxy groups -OCH3 is 2. The summed E-state index contributed by atoms with van der Waals surface area (Å²) in [5.74, 6) is -2.51. The number of Topliss-reactive ketones (excluding diaryl/α,β-unsaturated/α-hetero) is 2. The quantitative estimate of drug-likeness (QED) is 0.0968. The van der Waals surface area contributed by atoms with Gasteiger partial charge in [0.1, 0.15) is 11.4 Å². The number of rotatable bonds is 24. The van der Waals surface area contributed by atoms with Gasteiger partial charge in [-0.1, -0.05) is 85.2 Å². The Bertz CT molecular complexity index is 1490. The van der Waals surface area contributed by atoms with Crippen LogP contribution >= 0.6 is 0 Å². The van der Waals surface area contributed by atoms with Crippen molar-refractivity contribution in [2.75, 3.05) is 34.9 Å². The van der Waals surface area contributed by atoms with Gasteiger partial charge in [-0.25, -0.2) is 0 Å². The molecular weight excluding hydrogens is 747 g/mol. The van der Waals surface area contributed by atoms with Gasteiger partial charge in [0.15, 0.2) is 5.78 Å². The maximum atomic E-state index is 14.5. The van der Waals surface area contributed by atoms with Crippen LogP contribution in [0.15, 0.2) is 30.3 Å². The number of likely N-dealkylation sites (N-methyl/N-ethyl adjacent to an activating group) is 2. The third kappa shape index (κ3) is 14.8. The minimum absolute atomic E-state index is 0.00625. The Kier molecular flexibility index (Phi) is 20.9. The molecule has 1 aromatic rings. The maximum absolute atomic E-state index is 14.5. The standard InChI is InChI=1S/C48H81N3O8/c1-17-33(8)44(50(14)46(55)37(30(2)3)28-40(53)43(31(4)5)49(13)32(6)7)41(57-15)29-42(54)51-25-21-24-38(51)45(58-16)34(9)39(52)27-36(47(56)59-48(10,11)12)26-35-22-19-18-20-23-35/h18-20,22-23,30-34,36-38,41,43-45H,17,21,24-29H2,1-16H3/t33-,34-,36+,37-,38-,41+,43-,44-,45+/m0/s1. The van der Waals surface area contributed by atoms with Gasteiger partial charge < -0.3 is 24.0 Å². The fraction of sp³-hybridized carbons (Fsp3) is 0.771. The van der Waals surface area contributed by atoms with E-state index in [4.69, 9.17) is 14.2 Å². The number of carbonyl (C=O) groups excluding carboxylic acids is 5. The van der Waals surface area contributed by atoms with Gasteiger partial charge in [-0.05, 0) is 84.2 Å². The number of ether oxygens (including phenoxy) is 3. The van der Waals surface area contributed by atoms with E-state index in [0.29, 0.717) is 19.4 Å². The zero-order valence-corrected chi connectivity index (χ0v) is 39.6. The van der Waals surface area contributed by atoms with E-state index < -0.39 is 47.6 Å². The number of carbonyl (C=O) groups is 5. The summed E-state index contributed by atoms with van der Waals surface area (Å²) in [4.78, 5) is 75.8. The molecule has 336 valence electrons. The molecule has 0 saturated carbocycles. The van der Waals surface area contributed by atoms with E-state index in [1.807, 2.05) is 97.7 Å². The number of nitrogens with zero attached hydrogens (tertiary/aromatic N) is 3. The molecule has 0 aliphatic carbocycles. The minimum Gasteiger partial charge on any atom is -0.460 e. The summed E-state index contributed by atoms with van der Waals surface area (Å²) < 4.78 is 17.9. The summed E-state index contributed by atoms with van der Waals surface area (Å²) in [6, 6.07) is 8.72. The predicted molar refractivity (Wildman–Crippen MR) is 235 cm³/mol. The lowest BCUT2D eigenvalue weighted by molar-refractivity contribution is -0.161. The molecule has 0 unspecified atom stereocenters. The van der Waals surface area contributed by atoms with E-state index in [0.717, 1.165) is 18.4 Å². The fourth-order valence-corrected chi connectivity index (χ4v) is 8.89. The molecular formula is C48H81N3O8. The van der Waals surface area contributed by atoms with Crippen LogP contribution in [0.25, 0.3) is 0 Å². The van der Waals surface area contributed by atoms with Crippen molar-refractivity contribution in [1.82, 2.24) is 14.7 Å². The number of amides is 2. The fourth-order valence-electron chi connectivity index (χ4n) is 8.89. The molecule has 0 bridgehead atoms. The van der Waals surface area contributed by atoms with Crippen LogP contribution in [0.4, 0.5) is 0 Å². The Morgan fingerprint density at radius 2 is 1.44 bits per heavy atom. The van der Waals surface area contributed by atoms with Gasteiger partial charge in [-0.2, -0.15) is 0 Å². The molecule has 59 heavy (non-hydrogen) atoms. The normalized spacial score (nSPS) is 19.0. The van der Waals surface area contributed by atoms with Crippen molar-refractivity contribution in [3.63, 3.8) is 0 Å². The van der Waals surface area contributed by atoms with Crippen molar-refractivity contribution >= 4 is 29.4 Å². The molecule has 11 nitrogen and oxygen atoms in total. The predicted octanol–water partition coefficient (Wildman–Crippen LogP) is 7.66. The molecule has 0 aromatic heterocycles. The van der Waals surface area contributed by atoms with Crippen LogP contribution in [0.5, 0.6) is 0 Å². The summed E-state index contributed by atoms with van der Waals surface area (Å²) in [6.45, 7) is 24.1. The van der Waals surface area contributed by atoms with Crippen molar-refractivity contribution < 1.29 is 38.2 Å². The Hall–Kier alpha value is -3.15. The zero-order chi connectivity index (χ0) is 44.9. The molecule has 9 atom stereocenters. The average Bonchev–Trinajstić information content (AvgIpc) is 3.65. The first-order valence-electron chi connectivity index (χ1n) is 22.2. The van der Waals surface area contributed by atoms with Crippen molar-refractivity contribution in [2.45, 2.75) is 170 Å². The number of hydrogen-bond acceptors (Lipinski definition) is 9. The highest BCUT2D eigenvalue weighted by Crippen LogP contribution is 2.32. The third-order valence-corrected chi connectivity index (χ3v) is 12.6. The number of esters is 1. The largest absolute Gasteiger partial charge is 0.460 e. The lowest BCUT2D eigenvalue weighted by Crippen LogP contribution is -2.54. The summed E-state index contributed by atoms with van der Waals surface area (Å²) in [6.07, 6.45) is 1.51. The maximum Gasteiger partial charge on any atom is 0.310 e. The van der Waals surface area contributed by atoms with Crippen molar-refractivity contribution in [1.29, 1.82) is 0 Å². The monoisotopic (exact) mass is 828 g/mol. The van der Waals surface area contributed by atoms with Crippen LogP contribution in [0.3, 0.4) is 0 Å². The number of hydrogen-bond donors (Lipinski definition) is 0. The summed E-state index contributed by atoms with van der Waals surface area (Å²) in [5, 5.41) is 0. The van der Waals surface area contributed by atoms with Crippen LogP contribution in [0.1, 0.15) is 127 Å². The van der Waals surface area contributed by atoms with Gasteiger partial charge in [-0.3, -0.25) is 28.9 Å². The molecule has 1 aliphatic rings. The molecule has 2 rings (SSSR count). The highest BCUT2D eigenvalue weighted by molar-refractivity contribution is 5.90. The van der Waals surface area contributed by atoms with Gasteiger partial charge in [0.2, 0.25) is 11.8 Å². The van der Waals surface area contributed by atoms with E-state index in [1.165, 1.54) is 0 Å². The summed E-state index contributed by atoms with van der Waals surface area (Å²) in [5.41, 5.74) is 0.241. The Morgan fingerprint density at radius 3 is 1.93 bits per heavy atom. The Morgan fingerprint density at radius 1 is 0.831 bits per heavy atom. The molecule has 11 heteroatoms. The van der Waals surface area contributed by atoms with Gasteiger partial charge in [0.25, 0.3) is 0 Å². The Balaban J connectivity index is 2.33. The zero-order valence-electron chi connectivity index (χ0n) is 39.6. The second-order valence-electron chi connectivity index (χ2n) is 19.1. The van der Waals surface area contributed by atoms with E-state index in [9.17, 15) is 24.0 Å². The summed E-state index contributed by atoms with van der Waals surface area (Å²) in [7, 11) is 6.91. The van der Waals surface area contributed by atoms with E-state index in [1.54, 1.807) is 26.2 Å². The van der Waals surface area contributed by atoms with Crippen LogP contribution in [0, 0.1) is 35.5 Å². The van der Waals surface area contributed by atoms with Crippen LogP contribution in [0.2, 0.25) is 0 Å². The number of ketones is 2.